The number of halogens is 1. The third kappa shape index (κ3) is 4.29. The highest BCUT2D eigenvalue weighted by Gasteiger charge is 2.33. The Balaban J connectivity index is 1.62. The lowest BCUT2D eigenvalue weighted by Gasteiger charge is -2.31. The summed E-state index contributed by atoms with van der Waals surface area (Å²) in [6.45, 7) is 2.41. The zero-order valence-electron chi connectivity index (χ0n) is 19.4. The van der Waals surface area contributed by atoms with E-state index in [0.717, 1.165) is 28.1 Å². The molecule has 2 heterocycles. The number of fused-ring (bicyclic) bond motifs is 3. The molecule has 3 aromatic carbocycles. The number of nitrogens with zero attached hydrogens (tertiary/aromatic N) is 2. The van der Waals surface area contributed by atoms with Crippen molar-refractivity contribution in [3.8, 4) is 5.69 Å². The Labute approximate surface area is 208 Å². The molecule has 4 aromatic rings. The van der Waals surface area contributed by atoms with Gasteiger partial charge >= 0.3 is 12.0 Å². The number of urea groups is 1. The number of carbonyl (C=O) groups is 2. The van der Waals surface area contributed by atoms with Crippen LogP contribution in [0.4, 0.5) is 10.5 Å². The molecule has 1 N–H and O–H groups in total. The predicted octanol–water partition coefficient (Wildman–Crippen LogP) is 6.36. The van der Waals surface area contributed by atoms with E-state index in [1.165, 1.54) is 7.11 Å². The van der Waals surface area contributed by atoms with E-state index in [1.807, 2.05) is 67.7 Å². The Kier molecular flexibility index (Phi) is 6.05. The molecule has 2 amide bonds. The summed E-state index contributed by atoms with van der Waals surface area (Å²) in [4.78, 5) is 28.0. The summed E-state index contributed by atoms with van der Waals surface area (Å²) in [6, 6.07) is 24.2. The number of benzene rings is 3. The number of aromatic nitrogens is 1. The summed E-state index contributed by atoms with van der Waals surface area (Å²) < 4.78 is 7.03. The van der Waals surface area contributed by atoms with Gasteiger partial charge in [-0.2, -0.15) is 0 Å². The topological polar surface area (TPSA) is 63.6 Å². The number of ether oxygens (including phenoxy) is 1. The van der Waals surface area contributed by atoms with Crippen molar-refractivity contribution >= 4 is 29.3 Å². The standard InChI is InChI=1S/C28H24ClN3O3/c1-18-9-11-19(12-10-18)26-25-8-5-15-31(25)24-7-4-3-6-20(24)17-32(26)28(34)30-23-16-21(29)13-14-22(23)27(33)35-2/h3-16,26H,17H2,1-2H3,(H,30,34). The van der Waals surface area contributed by atoms with Gasteiger partial charge in [0.05, 0.1) is 36.6 Å². The molecule has 1 atom stereocenters. The van der Waals surface area contributed by atoms with Gasteiger partial charge in [-0.25, -0.2) is 9.59 Å². The van der Waals surface area contributed by atoms with Crippen molar-refractivity contribution in [3.05, 3.63) is 118 Å². The zero-order chi connectivity index (χ0) is 24.5. The van der Waals surface area contributed by atoms with Crippen molar-refractivity contribution in [1.82, 2.24) is 9.47 Å². The summed E-state index contributed by atoms with van der Waals surface area (Å²) in [6.07, 6.45) is 2.02. The predicted molar refractivity (Wildman–Crippen MR) is 136 cm³/mol. The molecule has 1 aromatic heterocycles. The smallest absolute Gasteiger partial charge is 0.339 e. The maximum Gasteiger partial charge on any atom is 0.339 e. The molecule has 7 heteroatoms. The van der Waals surface area contributed by atoms with Gasteiger partial charge in [0.1, 0.15) is 0 Å². The van der Waals surface area contributed by atoms with E-state index >= 15 is 0 Å². The number of anilines is 1. The molecule has 1 aliphatic heterocycles. The van der Waals surface area contributed by atoms with Crippen molar-refractivity contribution in [2.45, 2.75) is 19.5 Å². The number of hydrogen-bond donors (Lipinski definition) is 1. The lowest BCUT2D eigenvalue weighted by atomic mass is 10.0. The van der Waals surface area contributed by atoms with Crippen molar-refractivity contribution in [2.24, 2.45) is 0 Å². The number of nitrogens with one attached hydrogen (secondary N) is 1. The van der Waals surface area contributed by atoms with Crippen LogP contribution in [-0.2, 0) is 11.3 Å². The third-order valence-corrected chi connectivity index (χ3v) is 6.48. The normalized spacial score (nSPS) is 14.5. The first-order valence-electron chi connectivity index (χ1n) is 11.2. The van der Waals surface area contributed by atoms with E-state index in [9.17, 15) is 9.59 Å². The molecule has 176 valence electrons. The molecule has 5 rings (SSSR count). The lowest BCUT2D eigenvalue weighted by molar-refractivity contribution is 0.0602. The minimum Gasteiger partial charge on any atom is -0.465 e. The fourth-order valence-electron chi connectivity index (χ4n) is 4.53. The van der Waals surface area contributed by atoms with Crippen LogP contribution in [0.3, 0.4) is 0 Å². The molecule has 0 fully saturated rings. The monoisotopic (exact) mass is 485 g/mol. The molecule has 0 spiro atoms. The quantitative estimate of drug-likeness (QED) is 0.343. The summed E-state index contributed by atoms with van der Waals surface area (Å²) in [5.41, 5.74) is 5.65. The summed E-state index contributed by atoms with van der Waals surface area (Å²) >= 11 is 6.20. The Morgan fingerprint density at radius 2 is 1.77 bits per heavy atom. The zero-order valence-corrected chi connectivity index (χ0v) is 20.1. The van der Waals surface area contributed by atoms with E-state index in [1.54, 1.807) is 23.1 Å². The second-order valence-electron chi connectivity index (χ2n) is 8.48. The highest BCUT2D eigenvalue weighted by atomic mass is 35.5. The highest BCUT2D eigenvalue weighted by molar-refractivity contribution is 6.31. The number of methoxy groups -OCH3 is 1. The van der Waals surface area contributed by atoms with Crippen LogP contribution in [0.25, 0.3) is 5.69 Å². The van der Waals surface area contributed by atoms with Gasteiger partial charge in [-0.05, 0) is 54.4 Å². The van der Waals surface area contributed by atoms with Crippen molar-refractivity contribution in [3.63, 3.8) is 0 Å². The van der Waals surface area contributed by atoms with Gasteiger partial charge in [0.15, 0.2) is 0 Å². The fraction of sp³-hybridized carbons (Fsp3) is 0.143. The van der Waals surface area contributed by atoms with Crippen LogP contribution in [0.1, 0.15) is 38.8 Å². The van der Waals surface area contributed by atoms with Crippen LogP contribution in [0.15, 0.2) is 85.1 Å². The molecule has 1 aliphatic rings. The number of esters is 1. The van der Waals surface area contributed by atoms with Gasteiger partial charge in [0.2, 0.25) is 0 Å². The minimum atomic E-state index is -0.554. The first-order valence-corrected chi connectivity index (χ1v) is 11.6. The molecule has 0 radical (unpaired) electrons. The maximum absolute atomic E-state index is 13.9. The van der Waals surface area contributed by atoms with Gasteiger partial charge < -0.3 is 19.5 Å². The maximum atomic E-state index is 13.9. The van der Waals surface area contributed by atoms with E-state index in [2.05, 4.69) is 16.0 Å². The third-order valence-electron chi connectivity index (χ3n) is 6.25. The van der Waals surface area contributed by atoms with Crippen molar-refractivity contribution < 1.29 is 14.3 Å². The van der Waals surface area contributed by atoms with Gasteiger partial charge in [-0.3, -0.25) is 0 Å². The Bertz CT molecular complexity index is 1410. The number of para-hydroxylation sites is 1. The Morgan fingerprint density at radius 3 is 2.54 bits per heavy atom. The molecule has 0 aliphatic carbocycles. The molecule has 0 saturated carbocycles. The molecule has 6 nitrogen and oxygen atoms in total. The SMILES string of the molecule is COC(=O)c1ccc(Cl)cc1NC(=O)N1Cc2ccccc2-n2cccc2C1c1ccc(C)cc1. The Morgan fingerprint density at radius 1 is 1.00 bits per heavy atom. The minimum absolute atomic E-state index is 0.232. The average Bonchev–Trinajstić information content (AvgIpc) is 3.29. The van der Waals surface area contributed by atoms with Gasteiger partial charge in [0.25, 0.3) is 0 Å². The number of hydrogen-bond acceptors (Lipinski definition) is 3. The van der Waals surface area contributed by atoms with Crippen LogP contribution in [0, 0.1) is 6.92 Å². The molecule has 0 bridgehead atoms. The van der Waals surface area contributed by atoms with Gasteiger partial charge in [-0.15, -0.1) is 0 Å². The second-order valence-corrected chi connectivity index (χ2v) is 8.92. The lowest BCUT2D eigenvalue weighted by Crippen LogP contribution is -2.38. The average molecular weight is 486 g/mol. The number of rotatable bonds is 3. The number of amides is 2. The van der Waals surface area contributed by atoms with Crippen LogP contribution in [-0.4, -0.2) is 28.6 Å². The second kappa shape index (κ2) is 9.31. The van der Waals surface area contributed by atoms with Crippen LogP contribution < -0.4 is 5.32 Å². The summed E-state index contributed by atoms with van der Waals surface area (Å²) in [5, 5.41) is 3.32. The number of carbonyl (C=O) groups excluding carboxylic acids is 2. The first-order chi connectivity index (χ1) is 17.0. The molecule has 0 saturated heterocycles. The Hall–Kier alpha value is -4.03. The number of aryl methyl sites for hydroxylation is 1. The van der Waals surface area contributed by atoms with Crippen molar-refractivity contribution in [2.75, 3.05) is 12.4 Å². The van der Waals surface area contributed by atoms with E-state index in [4.69, 9.17) is 16.3 Å². The van der Waals surface area contributed by atoms with Crippen molar-refractivity contribution in [1.29, 1.82) is 0 Å². The molecular weight excluding hydrogens is 462 g/mol. The molecule has 1 unspecified atom stereocenters. The largest absolute Gasteiger partial charge is 0.465 e. The van der Waals surface area contributed by atoms with Crippen LogP contribution in [0.5, 0.6) is 0 Å². The summed E-state index contributed by atoms with van der Waals surface area (Å²) in [7, 11) is 1.30. The van der Waals surface area contributed by atoms with Gasteiger partial charge in [-0.1, -0.05) is 59.6 Å². The van der Waals surface area contributed by atoms with Gasteiger partial charge in [0, 0.05) is 16.9 Å². The molecule has 35 heavy (non-hydrogen) atoms. The summed E-state index contributed by atoms with van der Waals surface area (Å²) in [5.74, 6) is -0.554. The van der Waals surface area contributed by atoms with Crippen LogP contribution in [0.2, 0.25) is 5.02 Å². The van der Waals surface area contributed by atoms with E-state index in [-0.39, 0.29) is 17.6 Å². The first kappa shape index (κ1) is 22.7. The van der Waals surface area contributed by atoms with E-state index in [0.29, 0.717) is 17.3 Å². The van der Waals surface area contributed by atoms with E-state index < -0.39 is 5.97 Å². The molecular formula is C28H24ClN3O3. The van der Waals surface area contributed by atoms with Crippen LogP contribution >= 0.6 is 11.6 Å². The highest BCUT2D eigenvalue weighted by Crippen LogP contribution is 2.37. The fourth-order valence-corrected chi connectivity index (χ4v) is 4.71.